The van der Waals surface area contributed by atoms with E-state index in [0.29, 0.717) is 0 Å². The largest absolute Gasteiger partial charge is 0.469 e. The van der Waals surface area contributed by atoms with Crippen molar-refractivity contribution >= 4 is 16.0 Å². The zero-order valence-electron chi connectivity index (χ0n) is 9.26. The van der Waals surface area contributed by atoms with Gasteiger partial charge in [0.25, 0.3) is 0 Å². The highest BCUT2D eigenvalue weighted by atomic mass is 32.2. The molecule has 88 valence electrons. The van der Waals surface area contributed by atoms with Gasteiger partial charge in [0.2, 0.25) is 10.0 Å². The van der Waals surface area contributed by atoms with Crippen LogP contribution in [-0.4, -0.2) is 44.1 Å². The third-order valence-corrected chi connectivity index (χ3v) is 4.15. The molecule has 0 amide bonds. The van der Waals surface area contributed by atoms with Gasteiger partial charge in [-0.05, 0) is 19.8 Å². The number of hydrogen-bond acceptors (Lipinski definition) is 4. The molecule has 0 saturated carbocycles. The summed E-state index contributed by atoms with van der Waals surface area (Å²) in [6.45, 7) is 1.86. The van der Waals surface area contributed by atoms with Crippen LogP contribution in [0, 0.1) is 0 Å². The van der Waals surface area contributed by atoms with Crippen LogP contribution in [0.4, 0.5) is 0 Å². The molecule has 0 aromatic heterocycles. The maximum absolute atomic E-state index is 11.5. The number of nitrogens with zero attached hydrogens (tertiary/aromatic N) is 1. The van der Waals surface area contributed by atoms with Gasteiger partial charge in [-0.15, -0.1) is 0 Å². The molecule has 1 aliphatic heterocycles. The van der Waals surface area contributed by atoms with Crippen LogP contribution in [0.3, 0.4) is 0 Å². The molecule has 0 spiro atoms. The zero-order valence-corrected chi connectivity index (χ0v) is 10.1. The molecule has 1 saturated heterocycles. The number of esters is 1. The summed E-state index contributed by atoms with van der Waals surface area (Å²) < 4.78 is 29.0. The number of rotatable bonds is 3. The van der Waals surface area contributed by atoms with Gasteiger partial charge in [-0.3, -0.25) is 4.79 Å². The minimum atomic E-state index is -3.23. The Morgan fingerprint density at radius 2 is 2.07 bits per heavy atom. The van der Waals surface area contributed by atoms with Gasteiger partial charge in [0, 0.05) is 12.1 Å². The molecule has 5 nitrogen and oxygen atoms in total. The maximum Gasteiger partial charge on any atom is 0.307 e. The number of hydrogen-bond donors (Lipinski definition) is 0. The van der Waals surface area contributed by atoms with Crippen molar-refractivity contribution in [2.45, 2.75) is 38.3 Å². The van der Waals surface area contributed by atoms with Crippen molar-refractivity contribution in [3.05, 3.63) is 0 Å². The van der Waals surface area contributed by atoms with E-state index in [9.17, 15) is 13.2 Å². The SMILES string of the molecule is COC(=O)CC1CCC(C)N1S(C)(=O)=O. The molecule has 0 radical (unpaired) electrons. The van der Waals surface area contributed by atoms with E-state index in [4.69, 9.17) is 0 Å². The van der Waals surface area contributed by atoms with E-state index in [0.717, 1.165) is 12.8 Å². The Morgan fingerprint density at radius 3 is 2.53 bits per heavy atom. The van der Waals surface area contributed by atoms with Crippen LogP contribution in [0.1, 0.15) is 26.2 Å². The van der Waals surface area contributed by atoms with E-state index < -0.39 is 10.0 Å². The molecule has 0 aliphatic carbocycles. The fourth-order valence-electron chi connectivity index (χ4n) is 2.11. The van der Waals surface area contributed by atoms with Gasteiger partial charge < -0.3 is 4.74 Å². The van der Waals surface area contributed by atoms with Crippen molar-refractivity contribution in [3.8, 4) is 0 Å². The molecule has 1 fully saturated rings. The maximum atomic E-state index is 11.5. The summed E-state index contributed by atoms with van der Waals surface area (Å²) in [5.41, 5.74) is 0. The number of sulfonamides is 1. The van der Waals surface area contributed by atoms with Gasteiger partial charge in [0.15, 0.2) is 0 Å². The summed E-state index contributed by atoms with van der Waals surface area (Å²) >= 11 is 0. The van der Waals surface area contributed by atoms with Crippen LogP contribution < -0.4 is 0 Å². The van der Waals surface area contributed by atoms with Crippen molar-refractivity contribution < 1.29 is 17.9 Å². The average Bonchev–Trinajstić information content (AvgIpc) is 2.46. The van der Waals surface area contributed by atoms with E-state index in [1.54, 1.807) is 0 Å². The summed E-state index contributed by atoms with van der Waals surface area (Å²) in [6, 6.07) is -0.253. The summed E-state index contributed by atoms with van der Waals surface area (Å²) in [7, 11) is -1.92. The van der Waals surface area contributed by atoms with Crippen LogP contribution in [-0.2, 0) is 19.6 Å². The molecule has 1 heterocycles. The van der Waals surface area contributed by atoms with Gasteiger partial charge in [-0.2, -0.15) is 4.31 Å². The van der Waals surface area contributed by atoms with E-state index >= 15 is 0 Å². The molecule has 6 heteroatoms. The Labute approximate surface area is 90.4 Å². The van der Waals surface area contributed by atoms with E-state index in [1.165, 1.54) is 17.7 Å². The second-order valence-electron chi connectivity index (χ2n) is 3.95. The van der Waals surface area contributed by atoms with Crippen molar-refractivity contribution in [1.82, 2.24) is 4.31 Å². The number of ether oxygens (including phenoxy) is 1. The highest BCUT2D eigenvalue weighted by molar-refractivity contribution is 7.88. The third-order valence-electron chi connectivity index (χ3n) is 2.72. The molecule has 15 heavy (non-hydrogen) atoms. The normalized spacial score (nSPS) is 27.9. The Kier molecular flexibility index (Phi) is 3.72. The fraction of sp³-hybridized carbons (Fsp3) is 0.889. The van der Waals surface area contributed by atoms with Crippen molar-refractivity contribution in [2.75, 3.05) is 13.4 Å². The number of carbonyl (C=O) groups is 1. The van der Waals surface area contributed by atoms with E-state index in [2.05, 4.69) is 4.74 Å². The molecule has 1 rings (SSSR count). The standard InChI is InChI=1S/C9H17NO4S/c1-7-4-5-8(6-9(11)14-2)10(7)15(3,12)13/h7-8H,4-6H2,1-3H3. The molecular weight excluding hydrogens is 218 g/mol. The van der Waals surface area contributed by atoms with E-state index in [1.807, 2.05) is 6.92 Å². The predicted molar refractivity (Wildman–Crippen MR) is 55.8 cm³/mol. The number of methoxy groups -OCH3 is 1. The molecule has 2 atom stereocenters. The summed E-state index contributed by atoms with van der Waals surface area (Å²) in [6.07, 6.45) is 2.85. The monoisotopic (exact) mass is 235 g/mol. The Bertz CT molecular complexity index is 338. The van der Waals surface area contributed by atoms with E-state index in [-0.39, 0.29) is 24.5 Å². The second kappa shape index (κ2) is 4.49. The molecule has 0 N–H and O–H groups in total. The highest BCUT2D eigenvalue weighted by Crippen LogP contribution is 2.28. The van der Waals surface area contributed by atoms with Crippen LogP contribution in [0.25, 0.3) is 0 Å². The average molecular weight is 235 g/mol. The van der Waals surface area contributed by atoms with Gasteiger partial charge >= 0.3 is 5.97 Å². The lowest BCUT2D eigenvalue weighted by molar-refractivity contribution is -0.141. The molecule has 0 aromatic carbocycles. The van der Waals surface area contributed by atoms with Crippen LogP contribution in [0.5, 0.6) is 0 Å². The zero-order chi connectivity index (χ0) is 11.6. The topological polar surface area (TPSA) is 63.7 Å². The smallest absolute Gasteiger partial charge is 0.307 e. The second-order valence-corrected chi connectivity index (χ2v) is 5.84. The number of carbonyl (C=O) groups excluding carboxylic acids is 1. The van der Waals surface area contributed by atoms with Gasteiger partial charge in [-0.1, -0.05) is 0 Å². The molecular formula is C9H17NO4S. The summed E-state index contributed by atoms with van der Waals surface area (Å²) in [5.74, 6) is -0.359. The minimum absolute atomic E-state index is 0.0188. The Hall–Kier alpha value is -0.620. The first-order valence-corrected chi connectivity index (χ1v) is 6.76. The van der Waals surface area contributed by atoms with Crippen LogP contribution >= 0.6 is 0 Å². The first-order valence-electron chi connectivity index (χ1n) is 4.91. The molecule has 0 bridgehead atoms. The quantitative estimate of drug-likeness (QED) is 0.663. The molecule has 1 aliphatic rings. The minimum Gasteiger partial charge on any atom is -0.469 e. The van der Waals surface area contributed by atoms with Gasteiger partial charge in [-0.25, -0.2) is 8.42 Å². The van der Waals surface area contributed by atoms with Crippen molar-refractivity contribution in [1.29, 1.82) is 0 Å². The summed E-state index contributed by atoms with van der Waals surface area (Å²) in [5, 5.41) is 0. The third kappa shape index (κ3) is 2.92. The van der Waals surface area contributed by atoms with Gasteiger partial charge in [0.05, 0.1) is 19.8 Å². The highest BCUT2D eigenvalue weighted by Gasteiger charge is 2.38. The fourth-order valence-corrected chi connectivity index (χ4v) is 3.59. The Balaban J connectivity index is 2.77. The first-order chi connectivity index (χ1) is 6.86. The summed E-state index contributed by atoms with van der Waals surface area (Å²) in [4.78, 5) is 11.1. The Morgan fingerprint density at radius 1 is 1.47 bits per heavy atom. The first kappa shape index (κ1) is 12.4. The molecule has 0 aromatic rings. The predicted octanol–water partition coefficient (Wildman–Crippen LogP) is 0.362. The van der Waals surface area contributed by atoms with Crippen molar-refractivity contribution in [2.24, 2.45) is 0 Å². The lowest BCUT2D eigenvalue weighted by Crippen LogP contribution is -2.40. The lowest BCUT2D eigenvalue weighted by Gasteiger charge is -2.24. The van der Waals surface area contributed by atoms with Crippen LogP contribution in [0.2, 0.25) is 0 Å². The van der Waals surface area contributed by atoms with Crippen molar-refractivity contribution in [3.63, 3.8) is 0 Å². The van der Waals surface area contributed by atoms with Gasteiger partial charge in [0.1, 0.15) is 0 Å². The lowest BCUT2D eigenvalue weighted by atomic mass is 10.1. The molecule has 2 unspecified atom stereocenters. The van der Waals surface area contributed by atoms with Crippen LogP contribution in [0.15, 0.2) is 0 Å².